The van der Waals surface area contributed by atoms with Crippen LogP contribution in [0, 0.1) is 11.3 Å². The number of nitrogens with zero attached hydrogens (tertiary/aromatic N) is 1. The van der Waals surface area contributed by atoms with E-state index in [-0.39, 0.29) is 24.4 Å². The van der Waals surface area contributed by atoms with Crippen molar-refractivity contribution >= 4 is 34.8 Å². The Morgan fingerprint density at radius 3 is 2.57 bits per heavy atom. The molecule has 1 saturated heterocycles. The third kappa shape index (κ3) is 4.82. The highest BCUT2D eigenvalue weighted by molar-refractivity contribution is 7.88. The Kier molecular flexibility index (Phi) is 6.59. The largest absolute Gasteiger partial charge is 0.598 e. The average Bonchev–Trinajstić information content (AvgIpc) is 3.44. The van der Waals surface area contributed by atoms with Gasteiger partial charge in [0.05, 0.1) is 30.5 Å². The third-order valence-electron chi connectivity index (χ3n) is 5.87. The minimum Gasteiger partial charge on any atom is -0.598 e. The fraction of sp³-hybridized carbons (Fsp3) is 0.600. The van der Waals surface area contributed by atoms with Gasteiger partial charge in [0, 0.05) is 16.4 Å². The van der Waals surface area contributed by atoms with E-state index in [1.54, 1.807) is 13.2 Å². The first-order valence-electron chi connectivity index (χ1n) is 9.58. The van der Waals surface area contributed by atoms with Gasteiger partial charge in [0.2, 0.25) is 5.91 Å². The molecule has 0 spiro atoms. The highest BCUT2D eigenvalue weighted by atomic mass is 35.5. The second-order valence-electron chi connectivity index (χ2n) is 8.16. The Labute approximate surface area is 173 Å². The number of aliphatic carboxylic acids is 1. The standard InChI is InChI=1S/C20H27ClN2O4S/c1-20(11-18(24)25)10-9-16(13-5-7-15(21)8-6-13)23(19(20)26)17(14-3-4-14)12-22-28(2)27/h5-8,14,16-17,22H,3-4,9-12H2,1-2H3,(H,24,25)/t16?,17?,20-,28?/m1/s1. The highest BCUT2D eigenvalue weighted by Gasteiger charge is 2.50. The van der Waals surface area contributed by atoms with Crippen LogP contribution in [0.15, 0.2) is 24.3 Å². The summed E-state index contributed by atoms with van der Waals surface area (Å²) < 4.78 is 14.6. The van der Waals surface area contributed by atoms with Gasteiger partial charge in [-0.2, -0.15) is 0 Å². The van der Waals surface area contributed by atoms with Gasteiger partial charge in [-0.3, -0.25) is 9.59 Å². The number of benzene rings is 1. The number of carboxylic acid groups (broad SMARTS) is 1. The summed E-state index contributed by atoms with van der Waals surface area (Å²) in [6, 6.07) is 7.26. The lowest BCUT2D eigenvalue weighted by atomic mass is 9.74. The van der Waals surface area contributed by atoms with Crippen molar-refractivity contribution in [2.45, 2.75) is 51.1 Å². The molecule has 2 aliphatic rings. The molecule has 1 saturated carbocycles. The number of halogens is 1. The summed E-state index contributed by atoms with van der Waals surface area (Å²) in [4.78, 5) is 26.9. The van der Waals surface area contributed by atoms with Gasteiger partial charge in [-0.1, -0.05) is 30.7 Å². The molecule has 3 unspecified atom stereocenters. The number of hydrogen-bond donors (Lipinski definition) is 2. The lowest BCUT2D eigenvalue weighted by Gasteiger charge is -2.48. The number of carboxylic acids is 1. The van der Waals surface area contributed by atoms with Gasteiger partial charge in [0.1, 0.15) is 6.26 Å². The lowest BCUT2D eigenvalue weighted by Crippen LogP contribution is -2.57. The fourth-order valence-electron chi connectivity index (χ4n) is 4.22. The molecule has 0 aromatic heterocycles. The smallest absolute Gasteiger partial charge is 0.304 e. The van der Waals surface area contributed by atoms with E-state index in [2.05, 4.69) is 4.72 Å². The Bertz CT molecular complexity index is 725. The van der Waals surface area contributed by atoms with Crippen molar-refractivity contribution in [1.82, 2.24) is 9.62 Å². The van der Waals surface area contributed by atoms with Gasteiger partial charge in [0.15, 0.2) is 0 Å². The zero-order valence-electron chi connectivity index (χ0n) is 16.2. The fourth-order valence-corrected chi connectivity index (χ4v) is 4.75. The van der Waals surface area contributed by atoms with Crippen LogP contribution in [0.2, 0.25) is 5.02 Å². The molecule has 28 heavy (non-hydrogen) atoms. The summed E-state index contributed by atoms with van der Waals surface area (Å²) in [5, 5.41) is 9.98. The van der Waals surface area contributed by atoms with E-state index in [0.29, 0.717) is 30.3 Å². The Hall–Kier alpha value is -1.28. The third-order valence-corrected chi connectivity index (χ3v) is 6.70. The first-order valence-corrected chi connectivity index (χ1v) is 11.5. The topological polar surface area (TPSA) is 92.7 Å². The molecule has 1 aliphatic heterocycles. The van der Waals surface area contributed by atoms with Crippen molar-refractivity contribution in [3.8, 4) is 0 Å². The molecule has 1 aromatic rings. The first kappa shape index (κ1) is 21.4. The van der Waals surface area contributed by atoms with Crippen LogP contribution < -0.4 is 4.72 Å². The molecule has 0 radical (unpaired) electrons. The van der Waals surface area contributed by atoms with E-state index in [0.717, 1.165) is 18.4 Å². The molecule has 1 amide bonds. The number of carbonyl (C=O) groups excluding carboxylic acids is 1. The molecule has 8 heteroatoms. The van der Waals surface area contributed by atoms with E-state index in [1.165, 1.54) is 0 Å². The van der Waals surface area contributed by atoms with Crippen molar-refractivity contribution in [3.05, 3.63) is 34.9 Å². The van der Waals surface area contributed by atoms with Gasteiger partial charge < -0.3 is 14.6 Å². The molecule has 6 nitrogen and oxygen atoms in total. The van der Waals surface area contributed by atoms with Crippen LogP contribution in [-0.4, -0.2) is 45.3 Å². The van der Waals surface area contributed by atoms with Crippen LogP contribution in [0.4, 0.5) is 0 Å². The van der Waals surface area contributed by atoms with Crippen molar-refractivity contribution in [1.29, 1.82) is 0 Å². The molecule has 3 rings (SSSR count). The molecule has 2 N–H and O–H groups in total. The van der Waals surface area contributed by atoms with Gasteiger partial charge in [-0.25, -0.2) is 0 Å². The second-order valence-corrected chi connectivity index (χ2v) is 9.79. The number of nitrogens with one attached hydrogen (secondary N) is 1. The minimum atomic E-state index is -1.18. The Morgan fingerprint density at radius 2 is 2.04 bits per heavy atom. The molecule has 1 aromatic carbocycles. The highest BCUT2D eigenvalue weighted by Crippen LogP contribution is 2.47. The molecular formula is C20H27ClN2O4S. The minimum absolute atomic E-state index is 0.106. The summed E-state index contributed by atoms with van der Waals surface area (Å²) >= 11 is 4.86. The van der Waals surface area contributed by atoms with Crippen molar-refractivity contribution in [3.63, 3.8) is 0 Å². The number of rotatable bonds is 8. The van der Waals surface area contributed by atoms with E-state index >= 15 is 0 Å². The number of likely N-dealkylation sites (tertiary alicyclic amines) is 1. The molecule has 4 atom stereocenters. The first-order chi connectivity index (χ1) is 13.2. The molecule has 154 valence electrons. The maximum absolute atomic E-state index is 13.6. The lowest BCUT2D eigenvalue weighted by molar-refractivity contribution is -0.159. The maximum atomic E-state index is 13.6. The van der Waals surface area contributed by atoms with Crippen LogP contribution in [0.1, 0.15) is 50.6 Å². The number of carbonyl (C=O) groups is 2. The van der Waals surface area contributed by atoms with Gasteiger partial charge in [-0.05, 0) is 49.3 Å². The summed E-state index contributed by atoms with van der Waals surface area (Å²) in [6.45, 7) is 2.19. The van der Waals surface area contributed by atoms with Crippen molar-refractivity contribution < 1.29 is 19.2 Å². The summed E-state index contributed by atoms with van der Waals surface area (Å²) in [5.74, 6) is -0.736. The number of amides is 1. The summed E-state index contributed by atoms with van der Waals surface area (Å²) in [6.07, 6.45) is 4.65. The number of hydrogen-bond acceptors (Lipinski definition) is 4. The molecule has 0 bridgehead atoms. The zero-order chi connectivity index (χ0) is 20.5. The predicted molar refractivity (Wildman–Crippen MR) is 109 cm³/mol. The van der Waals surface area contributed by atoms with Gasteiger partial charge >= 0.3 is 5.97 Å². The van der Waals surface area contributed by atoms with Gasteiger partial charge in [-0.15, -0.1) is 4.72 Å². The van der Waals surface area contributed by atoms with Crippen LogP contribution in [0.3, 0.4) is 0 Å². The predicted octanol–water partition coefficient (Wildman–Crippen LogP) is 3.15. The normalized spacial score (nSPS) is 27.5. The van der Waals surface area contributed by atoms with E-state index < -0.39 is 22.7 Å². The monoisotopic (exact) mass is 426 g/mol. The second kappa shape index (κ2) is 8.61. The van der Waals surface area contributed by atoms with Crippen LogP contribution in [0.5, 0.6) is 0 Å². The van der Waals surface area contributed by atoms with E-state index in [9.17, 15) is 19.2 Å². The number of piperidine rings is 1. The molecule has 2 fully saturated rings. The van der Waals surface area contributed by atoms with Crippen molar-refractivity contribution in [2.24, 2.45) is 11.3 Å². The van der Waals surface area contributed by atoms with Crippen LogP contribution >= 0.6 is 11.6 Å². The summed E-state index contributed by atoms with van der Waals surface area (Å²) in [5.41, 5.74) is 0.0752. The molecule has 1 aliphatic carbocycles. The van der Waals surface area contributed by atoms with Crippen molar-refractivity contribution in [2.75, 3.05) is 12.8 Å². The van der Waals surface area contributed by atoms with E-state index in [1.807, 2.05) is 29.2 Å². The molecule has 1 heterocycles. The van der Waals surface area contributed by atoms with E-state index in [4.69, 9.17) is 11.6 Å². The quantitative estimate of drug-likeness (QED) is 0.623. The molecular weight excluding hydrogens is 400 g/mol. The Balaban J connectivity index is 1.95. The van der Waals surface area contributed by atoms with Gasteiger partial charge in [0.25, 0.3) is 0 Å². The van der Waals surface area contributed by atoms with Crippen LogP contribution in [-0.2, 0) is 21.0 Å². The average molecular weight is 427 g/mol. The summed E-state index contributed by atoms with van der Waals surface area (Å²) in [7, 11) is 0. The maximum Gasteiger partial charge on any atom is 0.304 e. The Morgan fingerprint density at radius 1 is 1.39 bits per heavy atom. The SMILES string of the molecule is C[S+]([O-])NCC(C1CC1)N1C(=O)[C@@](C)(CC(=O)O)CCC1c1ccc(Cl)cc1. The van der Waals surface area contributed by atoms with Crippen LogP contribution in [0.25, 0.3) is 0 Å². The zero-order valence-corrected chi connectivity index (χ0v) is 17.8.